The van der Waals surface area contributed by atoms with Gasteiger partial charge in [0.15, 0.2) is 0 Å². The quantitative estimate of drug-likeness (QED) is 0.780. The van der Waals surface area contributed by atoms with Crippen molar-refractivity contribution in [3.63, 3.8) is 0 Å². The monoisotopic (exact) mass is 244 g/mol. The van der Waals surface area contributed by atoms with Gasteiger partial charge in [-0.25, -0.2) is 0 Å². The van der Waals surface area contributed by atoms with E-state index in [1.165, 1.54) is 12.0 Å². The lowest BCUT2D eigenvalue weighted by Crippen LogP contribution is -2.42. The Hall–Kier alpha value is -1.44. The van der Waals surface area contributed by atoms with E-state index in [2.05, 4.69) is 73.3 Å². The average Bonchev–Trinajstić information content (AvgIpc) is 2.74. The molecule has 0 bridgehead atoms. The van der Waals surface area contributed by atoms with Gasteiger partial charge in [-0.2, -0.15) is 0 Å². The molecular formula is C16H24N2. The zero-order valence-corrected chi connectivity index (χ0v) is 11.7. The molecule has 1 unspecified atom stereocenters. The Bertz CT molecular complexity index is 383. The minimum Gasteiger partial charge on any atom is -0.356 e. The molecule has 2 rings (SSSR count). The van der Waals surface area contributed by atoms with E-state index in [4.69, 9.17) is 0 Å². The second-order valence-corrected chi connectivity index (χ2v) is 5.35. The van der Waals surface area contributed by atoms with Gasteiger partial charge in [-0.3, -0.25) is 0 Å². The van der Waals surface area contributed by atoms with Crippen molar-refractivity contribution < 1.29 is 0 Å². The fourth-order valence-electron chi connectivity index (χ4n) is 2.71. The molecule has 0 saturated carbocycles. The van der Waals surface area contributed by atoms with Gasteiger partial charge >= 0.3 is 0 Å². The summed E-state index contributed by atoms with van der Waals surface area (Å²) in [7, 11) is 0. The lowest BCUT2D eigenvalue weighted by Gasteiger charge is -2.35. The highest BCUT2D eigenvalue weighted by Gasteiger charge is 2.28. The number of hydrogen-bond donors (Lipinski definition) is 0. The van der Waals surface area contributed by atoms with Crippen LogP contribution in [0.1, 0.15) is 32.8 Å². The van der Waals surface area contributed by atoms with Gasteiger partial charge in [0.05, 0.1) is 0 Å². The SMILES string of the molecule is CCCN1C=CN(Cc2ccccc2)C1C(C)C. The van der Waals surface area contributed by atoms with Gasteiger partial charge in [-0.05, 0) is 17.9 Å². The third kappa shape index (κ3) is 2.87. The number of nitrogens with zero attached hydrogens (tertiary/aromatic N) is 2. The second kappa shape index (κ2) is 5.94. The molecular weight excluding hydrogens is 220 g/mol. The van der Waals surface area contributed by atoms with Crippen LogP contribution in [0.3, 0.4) is 0 Å². The first-order valence-corrected chi connectivity index (χ1v) is 6.96. The predicted octanol–water partition coefficient (Wildman–Crippen LogP) is 3.67. The highest BCUT2D eigenvalue weighted by molar-refractivity contribution is 5.16. The molecule has 1 aromatic rings. The predicted molar refractivity (Wildman–Crippen MR) is 76.7 cm³/mol. The second-order valence-electron chi connectivity index (χ2n) is 5.35. The summed E-state index contributed by atoms with van der Waals surface area (Å²) >= 11 is 0. The molecule has 98 valence electrons. The van der Waals surface area contributed by atoms with E-state index in [0.29, 0.717) is 12.1 Å². The summed E-state index contributed by atoms with van der Waals surface area (Å²) in [4.78, 5) is 4.92. The maximum Gasteiger partial charge on any atom is 0.103 e. The van der Waals surface area contributed by atoms with Crippen molar-refractivity contribution in [3.05, 3.63) is 48.3 Å². The van der Waals surface area contributed by atoms with Crippen molar-refractivity contribution >= 4 is 0 Å². The molecule has 0 amide bonds. The van der Waals surface area contributed by atoms with Gasteiger partial charge in [-0.15, -0.1) is 0 Å². The normalized spacial score (nSPS) is 19.0. The Labute approximate surface area is 111 Å². The van der Waals surface area contributed by atoms with Crippen LogP contribution in [-0.4, -0.2) is 22.5 Å². The number of rotatable bonds is 5. The lowest BCUT2D eigenvalue weighted by atomic mass is 10.1. The topological polar surface area (TPSA) is 6.48 Å². The van der Waals surface area contributed by atoms with Crippen LogP contribution in [0.5, 0.6) is 0 Å². The van der Waals surface area contributed by atoms with Crippen molar-refractivity contribution in [2.75, 3.05) is 6.54 Å². The van der Waals surface area contributed by atoms with Crippen molar-refractivity contribution in [1.29, 1.82) is 0 Å². The Morgan fingerprint density at radius 2 is 1.72 bits per heavy atom. The van der Waals surface area contributed by atoms with E-state index in [1.807, 2.05) is 0 Å². The molecule has 1 atom stereocenters. The van der Waals surface area contributed by atoms with E-state index in [-0.39, 0.29) is 0 Å². The van der Waals surface area contributed by atoms with Crippen molar-refractivity contribution in [3.8, 4) is 0 Å². The minimum atomic E-state index is 0.505. The molecule has 0 radical (unpaired) electrons. The lowest BCUT2D eigenvalue weighted by molar-refractivity contribution is 0.102. The van der Waals surface area contributed by atoms with Crippen molar-refractivity contribution in [2.45, 2.75) is 39.9 Å². The van der Waals surface area contributed by atoms with Gasteiger partial charge in [0.1, 0.15) is 6.17 Å². The van der Waals surface area contributed by atoms with E-state index >= 15 is 0 Å². The summed E-state index contributed by atoms with van der Waals surface area (Å²) < 4.78 is 0. The molecule has 0 spiro atoms. The maximum absolute atomic E-state index is 2.47. The molecule has 0 saturated heterocycles. The van der Waals surface area contributed by atoms with Gasteiger partial charge in [-0.1, -0.05) is 51.1 Å². The van der Waals surface area contributed by atoms with E-state index in [9.17, 15) is 0 Å². The number of hydrogen-bond acceptors (Lipinski definition) is 2. The van der Waals surface area contributed by atoms with E-state index in [0.717, 1.165) is 13.1 Å². The molecule has 0 aromatic heterocycles. The molecule has 2 nitrogen and oxygen atoms in total. The largest absolute Gasteiger partial charge is 0.356 e. The summed E-state index contributed by atoms with van der Waals surface area (Å²) in [5.74, 6) is 0.635. The maximum atomic E-state index is 2.47. The zero-order valence-electron chi connectivity index (χ0n) is 11.7. The summed E-state index contributed by atoms with van der Waals surface area (Å²) in [5, 5.41) is 0. The highest BCUT2D eigenvalue weighted by Crippen LogP contribution is 2.24. The minimum absolute atomic E-state index is 0.505. The van der Waals surface area contributed by atoms with Crippen LogP contribution >= 0.6 is 0 Å². The summed E-state index contributed by atoms with van der Waals surface area (Å²) in [6.07, 6.45) is 6.20. The first kappa shape index (κ1) is 13.0. The van der Waals surface area contributed by atoms with Crippen LogP contribution in [0.25, 0.3) is 0 Å². The molecule has 1 aliphatic heterocycles. The molecule has 0 N–H and O–H groups in total. The first-order chi connectivity index (χ1) is 8.72. The average molecular weight is 244 g/mol. The molecule has 0 aliphatic carbocycles. The Morgan fingerprint density at radius 3 is 2.33 bits per heavy atom. The van der Waals surface area contributed by atoms with Crippen molar-refractivity contribution in [1.82, 2.24) is 9.80 Å². The first-order valence-electron chi connectivity index (χ1n) is 6.96. The van der Waals surface area contributed by atoms with Crippen LogP contribution in [0.2, 0.25) is 0 Å². The van der Waals surface area contributed by atoms with Crippen molar-refractivity contribution in [2.24, 2.45) is 5.92 Å². The standard InChI is InChI=1S/C16H24N2/c1-4-10-17-11-12-18(16(17)14(2)3)13-15-8-6-5-7-9-15/h5-9,11-12,14,16H,4,10,13H2,1-3H3. The summed E-state index contributed by atoms with van der Waals surface area (Å²) in [6.45, 7) is 8.99. The van der Waals surface area contributed by atoms with Crippen LogP contribution in [0.15, 0.2) is 42.7 Å². The molecule has 18 heavy (non-hydrogen) atoms. The van der Waals surface area contributed by atoms with E-state index < -0.39 is 0 Å². The van der Waals surface area contributed by atoms with Gasteiger partial charge in [0.2, 0.25) is 0 Å². The Balaban J connectivity index is 2.06. The number of benzene rings is 1. The van der Waals surface area contributed by atoms with Crippen LogP contribution in [0.4, 0.5) is 0 Å². The molecule has 2 heteroatoms. The zero-order chi connectivity index (χ0) is 13.0. The van der Waals surface area contributed by atoms with E-state index in [1.54, 1.807) is 0 Å². The smallest absolute Gasteiger partial charge is 0.103 e. The van der Waals surface area contributed by atoms with Gasteiger partial charge in [0, 0.05) is 25.5 Å². The molecule has 1 aromatic carbocycles. The van der Waals surface area contributed by atoms with Crippen LogP contribution in [-0.2, 0) is 6.54 Å². The Kier molecular flexibility index (Phi) is 4.29. The Morgan fingerprint density at radius 1 is 1.06 bits per heavy atom. The molecule has 0 fully saturated rings. The third-order valence-electron chi connectivity index (χ3n) is 3.42. The highest BCUT2D eigenvalue weighted by atomic mass is 15.4. The van der Waals surface area contributed by atoms with Crippen LogP contribution < -0.4 is 0 Å². The van der Waals surface area contributed by atoms with Gasteiger partial charge < -0.3 is 9.80 Å². The fraction of sp³-hybridized carbons (Fsp3) is 0.500. The third-order valence-corrected chi connectivity index (χ3v) is 3.42. The molecule has 1 aliphatic rings. The summed E-state index contributed by atoms with van der Waals surface area (Å²) in [5.41, 5.74) is 1.38. The van der Waals surface area contributed by atoms with Crippen LogP contribution in [0, 0.1) is 5.92 Å². The summed E-state index contributed by atoms with van der Waals surface area (Å²) in [6, 6.07) is 10.7. The van der Waals surface area contributed by atoms with Gasteiger partial charge in [0.25, 0.3) is 0 Å². The fourth-order valence-corrected chi connectivity index (χ4v) is 2.71. The molecule has 1 heterocycles.